The number of carbonyl (C=O) groups is 3. The van der Waals surface area contributed by atoms with Crippen LogP contribution in [0.2, 0.25) is 0 Å². The van der Waals surface area contributed by atoms with Gasteiger partial charge in [-0.25, -0.2) is 4.79 Å². The normalized spacial score (nSPS) is 13.7. The minimum atomic E-state index is -1.19. The van der Waals surface area contributed by atoms with Crippen LogP contribution in [-0.4, -0.2) is 51.8 Å². The van der Waals surface area contributed by atoms with E-state index in [0.717, 1.165) is 16.7 Å². The van der Waals surface area contributed by atoms with Gasteiger partial charge in [0.25, 0.3) is 0 Å². The quantitative estimate of drug-likeness (QED) is 0.341. The zero-order valence-corrected chi connectivity index (χ0v) is 18.2. The van der Waals surface area contributed by atoms with E-state index in [-0.39, 0.29) is 18.1 Å². The first-order valence-corrected chi connectivity index (χ1v) is 10.5. The third kappa shape index (κ3) is 7.70. The Bertz CT molecular complexity index is 931. The van der Waals surface area contributed by atoms with E-state index in [9.17, 15) is 29.7 Å². The first-order valence-electron chi connectivity index (χ1n) is 10.5. The average molecular weight is 443 g/mol. The molecule has 8 nitrogen and oxygen atoms in total. The first kappa shape index (κ1) is 24.9. The largest absolute Gasteiger partial charge is 0.508 e. The van der Waals surface area contributed by atoms with Crippen molar-refractivity contribution in [2.24, 2.45) is 0 Å². The molecule has 0 aliphatic carbocycles. The van der Waals surface area contributed by atoms with Crippen molar-refractivity contribution >= 4 is 17.8 Å². The number of hydrogen-bond donors (Lipinski definition) is 5. The van der Waals surface area contributed by atoms with E-state index in [0.29, 0.717) is 13.0 Å². The second-order valence-electron chi connectivity index (χ2n) is 7.93. The topological polar surface area (TPSA) is 136 Å². The summed E-state index contributed by atoms with van der Waals surface area (Å²) in [6.07, 6.45) is 0.259. The molecule has 0 aromatic heterocycles. The number of aliphatic carboxylic acids is 2. The van der Waals surface area contributed by atoms with Gasteiger partial charge in [0.2, 0.25) is 5.91 Å². The Kier molecular flexibility index (Phi) is 9.22. The van der Waals surface area contributed by atoms with Crippen LogP contribution in [0, 0.1) is 6.92 Å². The minimum Gasteiger partial charge on any atom is -0.508 e. The molecule has 8 heteroatoms. The predicted molar refractivity (Wildman–Crippen MR) is 120 cm³/mol. The van der Waals surface area contributed by atoms with E-state index in [1.165, 1.54) is 0 Å². The molecule has 3 atom stereocenters. The smallest absolute Gasteiger partial charge is 0.326 e. The molecule has 1 amide bonds. The highest BCUT2D eigenvalue weighted by molar-refractivity contribution is 5.89. The van der Waals surface area contributed by atoms with Crippen molar-refractivity contribution in [3.63, 3.8) is 0 Å². The second kappa shape index (κ2) is 11.9. The van der Waals surface area contributed by atoms with Gasteiger partial charge in [0.1, 0.15) is 11.8 Å². The fraction of sp³-hybridized carbons (Fsp3) is 0.375. The van der Waals surface area contributed by atoms with Crippen molar-refractivity contribution in [1.29, 1.82) is 0 Å². The molecule has 172 valence electrons. The molecule has 2 rings (SSSR count). The summed E-state index contributed by atoms with van der Waals surface area (Å²) in [7, 11) is 0. The number of carbonyl (C=O) groups excluding carboxylic acids is 1. The summed E-state index contributed by atoms with van der Waals surface area (Å²) in [6, 6.07) is 12.0. The molecule has 5 N–H and O–H groups in total. The van der Waals surface area contributed by atoms with E-state index in [1.807, 2.05) is 32.0 Å². The fourth-order valence-electron chi connectivity index (χ4n) is 3.38. The van der Waals surface area contributed by atoms with E-state index < -0.39 is 36.4 Å². The van der Waals surface area contributed by atoms with Crippen LogP contribution in [0.4, 0.5) is 0 Å². The van der Waals surface area contributed by atoms with E-state index in [1.54, 1.807) is 30.3 Å². The average Bonchev–Trinajstić information content (AvgIpc) is 2.74. The molecule has 0 fully saturated rings. The van der Waals surface area contributed by atoms with Crippen molar-refractivity contribution in [3.05, 3.63) is 65.2 Å². The molecule has 0 aliphatic heterocycles. The number of aromatic hydroxyl groups is 1. The summed E-state index contributed by atoms with van der Waals surface area (Å²) in [6.45, 7) is 4.17. The zero-order chi connectivity index (χ0) is 23.7. The third-order valence-corrected chi connectivity index (χ3v) is 5.35. The molecular formula is C24H30N2O6. The van der Waals surface area contributed by atoms with Crippen LogP contribution < -0.4 is 10.6 Å². The SMILES string of the molecule is Cc1cc(C(C)CCN[C@@H](CC(=O)O)C(=O)N[C@@H](Cc2ccccc2)C(=O)O)ccc1O. The van der Waals surface area contributed by atoms with Gasteiger partial charge in [-0.2, -0.15) is 0 Å². The van der Waals surface area contributed by atoms with Gasteiger partial charge in [-0.3, -0.25) is 9.59 Å². The highest BCUT2D eigenvalue weighted by Crippen LogP contribution is 2.24. The zero-order valence-electron chi connectivity index (χ0n) is 18.2. The van der Waals surface area contributed by atoms with Gasteiger partial charge in [-0.15, -0.1) is 0 Å². The molecular weight excluding hydrogens is 412 g/mol. The highest BCUT2D eigenvalue weighted by Gasteiger charge is 2.27. The molecule has 32 heavy (non-hydrogen) atoms. The van der Waals surface area contributed by atoms with E-state index in [2.05, 4.69) is 10.6 Å². The lowest BCUT2D eigenvalue weighted by atomic mass is 9.96. The molecule has 0 aliphatic rings. The molecule has 0 saturated heterocycles. The standard InChI is InChI=1S/C24H30N2O6/c1-15(18-8-9-21(27)16(2)12-18)10-11-25-19(14-22(28)29)23(30)26-20(24(31)32)13-17-6-4-3-5-7-17/h3-9,12,15,19-20,25,27H,10-11,13-14H2,1-2H3,(H,26,30)(H,28,29)(H,31,32)/t15?,19-,20-/m0/s1. The molecule has 0 radical (unpaired) electrons. The van der Waals surface area contributed by atoms with E-state index >= 15 is 0 Å². The third-order valence-electron chi connectivity index (χ3n) is 5.35. The molecule has 0 heterocycles. The summed E-state index contributed by atoms with van der Waals surface area (Å²) >= 11 is 0. The Morgan fingerprint density at radius 1 is 1.00 bits per heavy atom. The molecule has 2 aromatic carbocycles. The van der Waals surface area contributed by atoms with Gasteiger partial charge in [-0.05, 0) is 48.6 Å². The lowest BCUT2D eigenvalue weighted by molar-refractivity contribution is -0.143. The van der Waals surface area contributed by atoms with E-state index in [4.69, 9.17) is 0 Å². The summed E-state index contributed by atoms with van der Waals surface area (Å²) in [5.74, 6) is -2.67. The molecule has 1 unspecified atom stereocenters. The number of carboxylic acids is 2. The van der Waals surface area contributed by atoms with Crippen LogP contribution in [-0.2, 0) is 20.8 Å². The molecule has 0 spiro atoms. The van der Waals surface area contributed by atoms with Crippen LogP contribution in [0.5, 0.6) is 5.75 Å². The Morgan fingerprint density at radius 3 is 2.28 bits per heavy atom. The molecule has 0 bridgehead atoms. The highest BCUT2D eigenvalue weighted by atomic mass is 16.4. The fourth-order valence-corrected chi connectivity index (χ4v) is 3.38. The molecule has 2 aromatic rings. The number of nitrogens with one attached hydrogen (secondary N) is 2. The maximum absolute atomic E-state index is 12.7. The van der Waals surface area contributed by atoms with Gasteiger partial charge in [0.15, 0.2) is 0 Å². The number of hydrogen-bond acceptors (Lipinski definition) is 5. The second-order valence-corrected chi connectivity index (χ2v) is 7.93. The van der Waals surface area contributed by atoms with Gasteiger partial charge in [0, 0.05) is 6.42 Å². The van der Waals surface area contributed by atoms with Crippen LogP contribution in [0.25, 0.3) is 0 Å². The van der Waals surface area contributed by atoms with Crippen molar-refractivity contribution in [2.45, 2.75) is 51.1 Å². The van der Waals surface area contributed by atoms with Crippen LogP contribution in [0.15, 0.2) is 48.5 Å². The number of benzene rings is 2. The lowest BCUT2D eigenvalue weighted by Gasteiger charge is -2.21. The Labute approximate surface area is 187 Å². The summed E-state index contributed by atoms with van der Waals surface area (Å²) in [4.78, 5) is 35.6. The van der Waals surface area contributed by atoms with Crippen LogP contribution in [0.1, 0.15) is 42.4 Å². The Morgan fingerprint density at radius 2 is 1.69 bits per heavy atom. The maximum Gasteiger partial charge on any atom is 0.326 e. The van der Waals surface area contributed by atoms with Gasteiger partial charge < -0.3 is 26.0 Å². The van der Waals surface area contributed by atoms with Crippen LogP contribution in [0.3, 0.4) is 0 Å². The number of phenolic OH excluding ortho intramolecular Hbond substituents is 1. The number of phenols is 1. The monoisotopic (exact) mass is 442 g/mol. The van der Waals surface area contributed by atoms with Crippen molar-refractivity contribution < 1.29 is 29.7 Å². The number of carboxylic acid groups (broad SMARTS) is 2. The maximum atomic E-state index is 12.7. The number of aryl methyl sites for hydroxylation is 1. The van der Waals surface area contributed by atoms with Crippen molar-refractivity contribution in [1.82, 2.24) is 10.6 Å². The summed E-state index contributed by atoms with van der Waals surface area (Å²) in [5, 5.41) is 33.8. The molecule has 0 saturated carbocycles. The van der Waals surface area contributed by atoms with Crippen LogP contribution >= 0.6 is 0 Å². The Balaban J connectivity index is 1.97. The minimum absolute atomic E-state index is 0.0962. The number of rotatable bonds is 12. The Hall–Kier alpha value is -3.39. The van der Waals surface area contributed by atoms with Gasteiger partial charge >= 0.3 is 11.9 Å². The predicted octanol–water partition coefficient (Wildman–Crippen LogP) is 2.44. The summed E-state index contributed by atoms with van der Waals surface area (Å²) < 4.78 is 0. The van der Waals surface area contributed by atoms with Crippen molar-refractivity contribution in [2.75, 3.05) is 6.54 Å². The summed E-state index contributed by atoms with van der Waals surface area (Å²) in [5.41, 5.74) is 2.54. The number of amides is 1. The first-order chi connectivity index (χ1) is 15.2. The lowest BCUT2D eigenvalue weighted by Crippen LogP contribution is -2.51. The van der Waals surface area contributed by atoms with Gasteiger partial charge in [-0.1, -0.05) is 49.4 Å². The van der Waals surface area contributed by atoms with Gasteiger partial charge in [0.05, 0.1) is 12.5 Å². The van der Waals surface area contributed by atoms with Crippen molar-refractivity contribution in [3.8, 4) is 5.75 Å².